The third-order valence-corrected chi connectivity index (χ3v) is 3.59. The van der Waals surface area contributed by atoms with Crippen LogP contribution in [0.2, 0.25) is 0 Å². The summed E-state index contributed by atoms with van der Waals surface area (Å²) < 4.78 is 43.4. The molecular formula is C17H14F3NO2. The highest BCUT2D eigenvalue weighted by molar-refractivity contribution is 5.66. The maximum absolute atomic E-state index is 12.6. The first-order valence-electron chi connectivity index (χ1n) is 6.91. The number of fused-ring (bicyclic) bond motifs is 1. The van der Waals surface area contributed by atoms with E-state index in [4.69, 9.17) is 4.74 Å². The van der Waals surface area contributed by atoms with Gasteiger partial charge in [-0.15, -0.1) is 0 Å². The molecule has 0 radical (unpaired) electrons. The van der Waals surface area contributed by atoms with Gasteiger partial charge in [0.1, 0.15) is 12.4 Å². The lowest BCUT2D eigenvalue weighted by molar-refractivity contribution is -0.137. The normalized spacial score (nSPS) is 17.7. The van der Waals surface area contributed by atoms with E-state index in [9.17, 15) is 18.3 Å². The van der Waals surface area contributed by atoms with Crippen LogP contribution < -0.4 is 10.1 Å². The molecule has 6 heteroatoms. The Morgan fingerprint density at radius 1 is 1.09 bits per heavy atom. The fraction of sp³-hybridized carbons (Fsp3) is 0.176. The first kappa shape index (κ1) is 15.4. The summed E-state index contributed by atoms with van der Waals surface area (Å²) in [4.78, 5) is 0. The standard InChI is InChI=1S/C17H14F3NO2/c1-10-9-23-15-7-4-12(8-14(15)16(22)21-10)11-2-5-13(6-3-11)17(18,19)20/h2-8,16,21-22H,1,9H2. The number of hydrogen-bond acceptors (Lipinski definition) is 3. The van der Waals surface area contributed by atoms with Crippen molar-refractivity contribution in [2.45, 2.75) is 12.4 Å². The smallest absolute Gasteiger partial charge is 0.416 e. The van der Waals surface area contributed by atoms with Crippen LogP contribution in [-0.4, -0.2) is 11.7 Å². The van der Waals surface area contributed by atoms with Crippen LogP contribution in [-0.2, 0) is 6.18 Å². The van der Waals surface area contributed by atoms with Gasteiger partial charge in [-0.05, 0) is 35.4 Å². The van der Waals surface area contributed by atoms with E-state index < -0.39 is 18.0 Å². The number of benzene rings is 2. The Labute approximate surface area is 131 Å². The van der Waals surface area contributed by atoms with E-state index in [0.717, 1.165) is 12.1 Å². The van der Waals surface area contributed by atoms with Crippen LogP contribution in [0, 0.1) is 0 Å². The van der Waals surface area contributed by atoms with Crippen molar-refractivity contribution in [3.05, 3.63) is 65.9 Å². The first-order chi connectivity index (χ1) is 10.8. The van der Waals surface area contributed by atoms with Gasteiger partial charge in [-0.2, -0.15) is 13.2 Å². The van der Waals surface area contributed by atoms with Crippen molar-refractivity contribution in [1.29, 1.82) is 0 Å². The zero-order chi connectivity index (χ0) is 16.6. The van der Waals surface area contributed by atoms with Crippen molar-refractivity contribution < 1.29 is 23.0 Å². The minimum Gasteiger partial charge on any atom is -0.487 e. The third-order valence-electron chi connectivity index (χ3n) is 3.59. The maximum Gasteiger partial charge on any atom is 0.416 e. The zero-order valence-corrected chi connectivity index (χ0v) is 12.0. The van der Waals surface area contributed by atoms with Gasteiger partial charge in [0.15, 0.2) is 6.23 Å². The Morgan fingerprint density at radius 2 is 1.74 bits per heavy atom. The minimum absolute atomic E-state index is 0.240. The van der Waals surface area contributed by atoms with Gasteiger partial charge in [-0.25, -0.2) is 0 Å². The molecule has 2 N–H and O–H groups in total. The highest BCUT2D eigenvalue weighted by Crippen LogP contribution is 2.34. The van der Waals surface area contributed by atoms with Gasteiger partial charge in [0.05, 0.1) is 5.56 Å². The number of rotatable bonds is 1. The monoisotopic (exact) mass is 321 g/mol. The second-order valence-corrected chi connectivity index (χ2v) is 5.27. The molecule has 2 aromatic rings. The summed E-state index contributed by atoms with van der Waals surface area (Å²) in [6.07, 6.45) is -5.34. The second kappa shape index (κ2) is 5.62. The molecular weight excluding hydrogens is 307 g/mol. The maximum atomic E-state index is 12.6. The lowest BCUT2D eigenvalue weighted by atomic mass is 10.0. The van der Waals surface area contributed by atoms with Crippen molar-refractivity contribution in [1.82, 2.24) is 5.32 Å². The van der Waals surface area contributed by atoms with Gasteiger partial charge in [-0.1, -0.05) is 24.8 Å². The predicted octanol–water partition coefficient (Wildman–Crippen LogP) is 3.86. The summed E-state index contributed by atoms with van der Waals surface area (Å²) >= 11 is 0. The molecule has 2 aromatic carbocycles. The van der Waals surface area contributed by atoms with Gasteiger partial charge in [0.2, 0.25) is 0 Å². The molecule has 1 unspecified atom stereocenters. The van der Waals surface area contributed by atoms with Crippen LogP contribution in [0.3, 0.4) is 0 Å². The highest BCUT2D eigenvalue weighted by Gasteiger charge is 2.30. The van der Waals surface area contributed by atoms with E-state index in [1.54, 1.807) is 18.2 Å². The van der Waals surface area contributed by atoms with E-state index >= 15 is 0 Å². The lowest BCUT2D eigenvalue weighted by Gasteiger charge is -2.14. The summed E-state index contributed by atoms with van der Waals surface area (Å²) in [5.74, 6) is 0.513. The molecule has 1 aliphatic heterocycles. The Hall–Kier alpha value is -2.47. The molecule has 120 valence electrons. The number of alkyl halides is 3. The van der Waals surface area contributed by atoms with E-state index in [2.05, 4.69) is 11.9 Å². The molecule has 1 aliphatic rings. The fourth-order valence-electron chi connectivity index (χ4n) is 2.40. The van der Waals surface area contributed by atoms with Crippen LogP contribution >= 0.6 is 0 Å². The van der Waals surface area contributed by atoms with Gasteiger partial charge in [0.25, 0.3) is 0 Å². The molecule has 0 amide bonds. The number of nitrogens with one attached hydrogen (secondary N) is 1. The number of halogens is 3. The van der Waals surface area contributed by atoms with Gasteiger partial charge >= 0.3 is 6.18 Å². The summed E-state index contributed by atoms with van der Waals surface area (Å²) in [5.41, 5.74) is 1.67. The quantitative estimate of drug-likeness (QED) is 0.838. The zero-order valence-electron chi connectivity index (χ0n) is 12.0. The van der Waals surface area contributed by atoms with Crippen LogP contribution in [0.15, 0.2) is 54.7 Å². The third kappa shape index (κ3) is 3.17. The largest absolute Gasteiger partial charge is 0.487 e. The summed E-state index contributed by atoms with van der Waals surface area (Å²) in [6, 6.07) is 9.99. The van der Waals surface area contributed by atoms with Crippen molar-refractivity contribution in [3.8, 4) is 16.9 Å². The number of aliphatic hydroxyl groups excluding tert-OH is 1. The molecule has 0 aliphatic carbocycles. The number of ether oxygens (including phenoxy) is 1. The Balaban J connectivity index is 1.96. The van der Waals surface area contributed by atoms with Crippen molar-refractivity contribution in [2.75, 3.05) is 6.61 Å². The highest BCUT2D eigenvalue weighted by atomic mass is 19.4. The van der Waals surface area contributed by atoms with Crippen molar-refractivity contribution >= 4 is 0 Å². The Bertz CT molecular complexity index is 738. The van der Waals surface area contributed by atoms with Gasteiger partial charge in [-0.3, -0.25) is 0 Å². The SMILES string of the molecule is C=C1COc2ccc(-c3ccc(C(F)(F)F)cc3)cc2C(O)N1. The summed E-state index contributed by atoms with van der Waals surface area (Å²) in [5, 5.41) is 12.9. The van der Waals surface area contributed by atoms with Gasteiger partial charge < -0.3 is 15.2 Å². The van der Waals surface area contributed by atoms with E-state index in [-0.39, 0.29) is 6.61 Å². The Morgan fingerprint density at radius 3 is 2.39 bits per heavy atom. The molecule has 0 fully saturated rings. The van der Waals surface area contributed by atoms with E-state index in [1.807, 2.05) is 0 Å². The predicted molar refractivity (Wildman–Crippen MR) is 79.6 cm³/mol. The van der Waals surface area contributed by atoms with Gasteiger partial charge in [0, 0.05) is 11.3 Å². The molecule has 23 heavy (non-hydrogen) atoms. The number of aliphatic hydroxyl groups is 1. The molecule has 0 bridgehead atoms. The minimum atomic E-state index is -4.36. The first-order valence-corrected chi connectivity index (χ1v) is 6.91. The average Bonchev–Trinajstić information content (AvgIpc) is 2.65. The average molecular weight is 321 g/mol. The Kier molecular flexibility index (Phi) is 3.77. The summed E-state index contributed by atoms with van der Waals surface area (Å²) in [6.45, 7) is 3.96. The molecule has 1 heterocycles. The number of hydrogen-bond donors (Lipinski definition) is 2. The molecule has 3 rings (SSSR count). The molecule has 3 nitrogen and oxygen atoms in total. The summed E-state index contributed by atoms with van der Waals surface area (Å²) in [7, 11) is 0. The van der Waals surface area contributed by atoms with Crippen LogP contribution in [0.1, 0.15) is 17.4 Å². The van der Waals surface area contributed by atoms with Crippen LogP contribution in [0.4, 0.5) is 13.2 Å². The van der Waals surface area contributed by atoms with E-state index in [1.165, 1.54) is 12.1 Å². The molecule has 0 spiro atoms. The van der Waals surface area contributed by atoms with Crippen LogP contribution in [0.5, 0.6) is 5.75 Å². The molecule has 1 atom stereocenters. The van der Waals surface area contributed by atoms with Crippen LogP contribution in [0.25, 0.3) is 11.1 Å². The van der Waals surface area contributed by atoms with Crippen molar-refractivity contribution in [3.63, 3.8) is 0 Å². The molecule has 0 aromatic heterocycles. The molecule has 0 saturated heterocycles. The molecule has 0 saturated carbocycles. The van der Waals surface area contributed by atoms with E-state index in [0.29, 0.717) is 28.1 Å². The fourth-order valence-corrected chi connectivity index (χ4v) is 2.40. The topological polar surface area (TPSA) is 41.5 Å². The lowest BCUT2D eigenvalue weighted by Crippen LogP contribution is -2.19. The second-order valence-electron chi connectivity index (χ2n) is 5.27. The van der Waals surface area contributed by atoms with Crippen molar-refractivity contribution in [2.24, 2.45) is 0 Å².